The molecule has 3 aliphatic rings. The van der Waals surface area contributed by atoms with Crippen molar-refractivity contribution in [1.82, 2.24) is 0 Å². The summed E-state index contributed by atoms with van der Waals surface area (Å²) >= 11 is 12.6. The van der Waals surface area contributed by atoms with Crippen LogP contribution < -0.4 is 16.0 Å². The first kappa shape index (κ1) is 20.6. The Morgan fingerprint density at radius 3 is 2.66 bits per heavy atom. The number of carbonyl (C=O) groups excluding carboxylic acids is 2. The van der Waals surface area contributed by atoms with Gasteiger partial charge in [0.25, 0.3) is 0 Å². The van der Waals surface area contributed by atoms with Gasteiger partial charge in [-0.25, -0.2) is 0 Å². The lowest BCUT2D eigenvalue weighted by Gasteiger charge is -2.43. The van der Waals surface area contributed by atoms with E-state index in [4.69, 9.17) is 28.9 Å². The number of fused-ring (bicyclic) bond motifs is 3. The van der Waals surface area contributed by atoms with Gasteiger partial charge in [0, 0.05) is 44.7 Å². The Balaban J connectivity index is 1.88. The quantitative estimate of drug-likeness (QED) is 0.636. The van der Waals surface area contributed by atoms with Crippen LogP contribution in [0.5, 0.6) is 0 Å². The van der Waals surface area contributed by atoms with Crippen LogP contribution in [-0.2, 0) is 15.0 Å². The second-order valence-corrected chi connectivity index (χ2v) is 8.98. The number of nitrogens with two attached hydrogens (primary N) is 1. The van der Waals surface area contributed by atoms with Gasteiger partial charge in [-0.2, -0.15) is 5.26 Å². The second kappa shape index (κ2) is 7.13. The average Bonchev–Trinajstić information content (AvgIpc) is 3.03. The zero-order valence-corrected chi connectivity index (χ0v) is 18.6. The molecule has 6 nitrogen and oxygen atoms in total. The van der Waals surface area contributed by atoms with Crippen LogP contribution in [0, 0.1) is 18.3 Å². The van der Waals surface area contributed by atoms with Gasteiger partial charge in [-0.15, -0.1) is 0 Å². The van der Waals surface area contributed by atoms with E-state index in [0.29, 0.717) is 45.5 Å². The molecule has 3 N–H and O–H groups in total. The summed E-state index contributed by atoms with van der Waals surface area (Å²) in [5.74, 6) is -0.555. The molecule has 1 amide bonds. The third-order valence-corrected chi connectivity index (χ3v) is 7.04. The highest BCUT2D eigenvalue weighted by molar-refractivity contribution is 6.32. The first-order valence-corrected chi connectivity index (χ1v) is 10.9. The van der Waals surface area contributed by atoms with E-state index >= 15 is 0 Å². The Kier molecular flexibility index (Phi) is 4.59. The molecule has 8 heteroatoms. The van der Waals surface area contributed by atoms with Gasteiger partial charge in [-0.05, 0) is 55.7 Å². The molecular formula is C24H18Cl2N4O2. The van der Waals surface area contributed by atoms with Crippen LogP contribution in [0.3, 0.4) is 0 Å². The Morgan fingerprint density at radius 1 is 1.16 bits per heavy atom. The topological polar surface area (TPSA) is 99.2 Å². The Morgan fingerprint density at radius 2 is 1.94 bits per heavy atom. The molecule has 2 heterocycles. The fourth-order valence-electron chi connectivity index (χ4n) is 4.98. The Labute approximate surface area is 194 Å². The largest absolute Gasteiger partial charge is 0.384 e. The van der Waals surface area contributed by atoms with E-state index in [1.165, 1.54) is 0 Å². The predicted octanol–water partition coefficient (Wildman–Crippen LogP) is 4.71. The number of Topliss-reactive ketones (excluding diaryl/α,β-unsaturated/α-hetero) is 1. The molecule has 5 rings (SSSR count). The number of halogens is 2. The summed E-state index contributed by atoms with van der Waals surface area (Å²) in [6, 6.07) is 12.5. The zero-order valence-electron chi connectivity index (χ0n) is 17.1. The lowest BCUT2D eigenvalue weighted by atomic mass is 9.64. The van der Waals surface area contributed by atoms with Crippen molar-refractivity contribution in [2.75, 3.05) is 10.2 Å². The van der Waals surface area contributed by atoms with Gasteiger partial charge >= 0.3 is 0 Å². The normalized spacial score (nSPS) is 22.1. The van der Waals surface area contributed by atoms with Crippen LogP contribution in [-0.4, -0.2) is 11.7 Å². The number of anilines is 2. The van der Waals surface area contributed by atoms with Crippen molar-refractivity contribution in [2.45, 2.75) is 31.6 Å². The Hall–Kier alpha value is -3.27. The van der Waals surface area contributed by atoms with Crippen molar-refractivity contribution in [1.29, 1.82) is 5.26 Å². The number of ketones is 1. The van der Waals surface area contributed by atoms with E-state index in [0.717, 1.165) is 5.56 Å². The van der Waals surface area contributed by atoms with Crippen molar-refractivity contribution in [2.24, 2.45) is 5.73 Å². The minimum Gasteiger partial charge on any atom is -0.384 e. The molecule has 0 saturated heterocycles. The summed E-state index contributed by atoms with van der Waals surface area (Å²) in [5.41, 5.74) is 8.37. The molecule has 1 spiro atoms. The molecule has 160 valence electrons. The highest BCUT2D eigenvalue weighted by Crippen LogP contribution is 2.55. The monoisotopic (exact) mass is 464 g/mol. The number of carbonyl (C=O) groups is 2. The molecule has 2 aromatic carbocycles. The minimum atomic E-state index is -1.63. The number of nitrogens with zero attached hydrogens (tertiary/aromatic N) is 2. The van der Waals surface area contributed by atoms with Gasteiger partial charge < -0.3 is 11.1 Å². The van der Waals surface area contributed by atoms with Gasteiger partial charge in [-0.3, -0.25) is 14.5 Å². The van der Waals surface area contributed by atoms with E-state index in [9.17, 15) is 14.9 Å². The summed E-state index contributed by atoms with van der Waals surface area (Å²) in [5, 5.41) is 14.0. The number of hydrogen-bond donors (Lipinski definition) is 2. The van der Waals surface area contributed by atoms with Crippen molar-refractivity contribution >= 4 is 46.3 Å². The highest BCUT2D eigenvalue weighted by atomic mass is 35.5. The first-order valence-electron chi connectivity index (χ1n) is 10.2. The van der Waals surface area contributed by atoms with E-state index in [1.54, 1.807) is 29.2 Å². The molecule has 0 bridgehead atoms. The molecule has 32 heavy (non-hydrogen) atoms. The number of allylic oxidation sites excluding steroid dienone is 1. The van der Waals surface area contributed by atoms with E-state index < -0.39 is 11.3 Å². The van der Waals surface area contributed by atoms with Gasteiger partial charge in [0.1, 0.15) is 17.3 Å². The lowest BCUT2D eigenvalue weighted by molar-refractivity contribution is -0.122. The fourth-order valence-corrected chi connectivity index (χ4v) is 5.33. The predicted molar refractivity (Wildman–Crippen MR) is 123 cm³/mol. The molecule has 2 aliphatic heterocycles. The molecule has 1 unspecified atom stereocenters. The number of hydrogen-bond acceptors (Lipinski definition) is 5. The van der Waals surface area contributed by atoms with Crippen LogP contribution in [0.25, 0.3) is 0 Å². The maximum Gasteiger partial charge on any atom is 0.245 e. The number of nitrogens with one attached hydrogen (secondary N) is 1. The smallest absolute Gasteiger partial charge is 0.245 e. The second-order valence-electron chi connectivity index (χ2n) is 8.13. The minimum absolute atomic E-state index is 0.00159. The summed E-state index contributed by atoms with van der Waals surface area (Å²) in [6.07, 6.45) is 1.42. The van der Waals surface area contributed by atoms with E-state index in [1.807, 2.05) is 19.1 Å². The van der Waals surface area contributed by atoms with Crippen LogP contribution in [0.4, 0.5) is 11.4 Å². The summed E-state index contributed by atoms with van der Waals surface area (Å²) < 4.78 is 0. The number of amides is 1. The number of aryl methyl sites for hydroxylation is 1. The molecule has 1 aliphatic carbocycles. The maximum absolute atomic E-state index is 13.6. The van der Waals surface area contributed by atoms with Crippen LogP contribution in [0.15, 0.2) is 59.1 Å². The fraction of sp³-hybridized carbons (Fsp3) is 0.208. The first-order chi connectivity index (χ1) is 15.3. The third kappa shape index (κ3) is 2.59. The van der Waals surface area contributed by atoms with Gasteiger partial charge in [0.2, 0.25) is 5.91 Å². The third-order valence-electron chi connectivity index (χ3n) is 6.40. The van der Waals surface area contributed by atoms with Crippen molar-refractivity contribution < 1.29 is 9.59 Å². The molecule has 0 saturated carbocycles. The summed E-state index contributed by atoms with van der Waals surface area (Å²) in [7, 11) is 0. The molecule has 1 atom stereocenters. The molecule has 2 aromatic rings. The maximum atomic E-state index is 13.6. The van der Waals surface area contributed by atoms with E-state index in [2.05, 4.69) is 11.4 Å². The number of benzene rings is 2. The van der Waals surface area contributed by atoms with Gasteiger partial charge in [0.15, 0.2) is 5.78 Å². The Bertz CT molecular complexity index is 1340. The standard InChI is InChI=1S/C24H18Cl2N4O2/c1-12-5-7-14(10-17(12)26)30-19-3-2-4-20(31)21(19)24(16(11-27)22(30)28)15-9-13(25)6-8-18(15)29-23(24)32/h5-10H,2-4,28H2,1H3,(H,29,32). The average molecular weight is 465 g/mol. The number of rotatable bonds is 1. The highest BCUT2D eigenvalue weighted by Gasteiger charge is 2.60. The summed E-state index contributed by atoms with van der Waals surface area (Å²) in [4.78, 5) is 28.6. The van der Waals surface area contributed by atoms with Crippen LogP contribution >= 0.6 is 23.2 Å². The van der Waals surface area contributed by atoms with E-state index in [-0.39, 0.29) is 29.2 Å². The number of nitriles is 1. The van der Waals surface area contributed by atoms with Gasteiger partial charge in [0.05, 0.1) is 5.57 Å². The van der Waals surface area contributed by atoms with Crippen LogP contribution in [0.2, 0.25) is 10.0 Å². The molecule has 0 radical (unpaired) electrons. The SMILES string of the molecule is Cc1ccc(N2C(N)=C(C#N)C3(C(=O)Nc4ccc(Cl)cc43)C3=C2CCCC3=O)cc1Cl. The molecular weight excluding hydrogens is 447 g/mol. The van der Waals surface area contributed by atoms with Crippen molar-refractivity contribution in [3.63, 3.8) is 0 Å². The van der Waals surface area contributed by atoms with Crippen LogP contribution in [0.1, 0.15) is 30.4 Å². The van der Waals surface area contributed by atoms with Crippen molar-refractivity contribution in [3.05, 3.63) is 80.2 Å². The lowest BCUT2D eigenvalue weighted by Crippen LogP contribution is -2.50. The zero-order chi connectivity index (χ0) is 22.8. The molecule has 0 fully saturated rings. The van der Waals surface area contributed by atoms with Gasteiger partial charge in [-0.1, -0.05) is 29.3 Å². The summed E-state index contributed by atoms with van der Waals surface area (Å²) in [6.45, 7) is 1.88. The van der Waals surface area contributed by atoms with Crippen molar-refractivity contribution in [3.8, 4) is 6.07 Å². The molecule has 0 aromatic heterocycles.